The summed E-state index contributed by atoms with van der Waals surface area (Å²) in [5.74, 6) is 0. The number of rotatable bonds is 10. The first-order chi connectivity index (χ1) is 11.2. The van der Waals surface area contributed by atoms with E-state index in [0.717, 1.165) is 19.0 Å². The molecule has 1 N–H and O–H groups in total. The van der Waals surface area contributed by atoms with Gasteiger partial charge in [0.05, 0.1) is 10.6 Å². The van der Waals surface area contributed by atoms with Crippen molar-refractivity contribution in [1.82, 2.24) is 9.21 Å². The van der Waals surface area contributed by atoms with Crippen LogP contribution >= 0.6 is 0 Å². The maximum atomic E-state index is 12.8. The molecule has 24 heavy (non-hydrogen) atoms. The molecule has 1 rings (SSSR count). The highest BCUT2D eigenvalue weighted by atomic mass is 32.2. The van der Waals surface area contributed by atoms with Gasteiger partial charge in [0.25, 0.3) is 5.69 Å². The molecule has 0 radical (unpaired) electrons. The van der Waals surface area contributed by atoms with Crippen LogP contribution in [0.25, 0.3) is 0 Å². The topological polar surface area (TPSA) is 95.8 Å². The molecule has 0 aliphatic rings. The molecule has 0 aliphatic carbocycles. The summed E-state index contributed by atoms with van der Waals surface area (Å²) in [4.78, 5) is 12.4. The fraction of sp³-hybridized carbons (Fsp3) is 0.600. The third-order valence-electron chi connectivity index (χ3n) is 3.60. The van der Waals surface area contributed by atoms with Crippen LogP contribution in [0, 0.1) is 10.1 Å². The number of nitrogens with zero attached hydrogens (tertiary/aromatic N) is 3. The Morgan fingerprint density at radius 3 is 2.33 bits per heavy atom. The second-order valence-corrected chi connectivity index (χ2v) is 7.52. The summed E-state index contributed by atoms with van der Waals surface area (Å²) in [6.07, 6.45) is 0.828. The Kier molecular flexibility index (Phi) is 7.59. The summed E-state index contributed by atoms with van der Waals surface area (Å²) < 4.78 is 26.9. The van der Waals surface area contributed by atoms with Crippen LogP contribution in [0.3, 0.4) is 0 Å². The molecular formula is C15H26N4O4S. The van der Waals surface area contributed by atoms with Gasteiger partial charge in [-0.15, -0.1) is 0 Å². The Balaban J connectivity index is 3.17. The minimum Gasteiger partial charge on any atom is -0.384 e. The van der Waals surface area contributed by atoms with Crippen LogP contribution in [0.5, 0.6) is 0 Å². The quantitative estimate of drug-likeness (QED) is 0.390. The van der Waals surface area contributed by atoms with Crippen LogP contribution in [0.15, 0.2) is 23.1 Å². The van der Waals surface area contributed by atoms with Crippen molar-refractivity contribution >= 4 is 21.4 Å². The molecule has 0 spiro atoms. The van der Waals surface area contributed by atoms with Gasteiger partial charge in [-0.25, -0.2) is 8.42 Å². The van der Waals surface area contributed by atoms with Crippen LogP contribution in [0.4, 0.5) is 11.4 Å². The molecule has 0 amide bonds. The van der Waals surface area contributed by atoms with Gasteiger partial charge >= 0.3 is 0 Å². The number of nitro benzene ring substituents is 1. The van der Waals surface area contributed by atoms with Gasteiger partial charge in [-0.3, -0.25) is 10.1 Å². The maximum absolute atomic E-state index is 12.8. The van der Waals surface area contributed by atoms with Gasteiger partial charge in [0.15, 0.2) is 0 Å². The SMILES string of the molecule is CCN(CC)S(=O)(=O)c1cc([N+](=O)[O-])ccc1NCCCN(C)C. The second kappa shape index (κ2) is 8.95. The highest BCUT2D eigenvalue weighted by Gasteiger charge is 2.27. The highest BCUT2D eigenvalue weighted by molar-refractivity contribution is 7.89. The number of anilines is 1. The number of hydrogen-bond acceptors (Lipinski definition) is 6. The van der Waals surface area contributed by atoms with E-state index < -0.39 is 14.9 Å². The molecule has 0 atom stereocenters. The smallest absolute Gasteiger partial charge is 0.270 e. The third kappa shape index (κ3) is 5.15. The first-order valence-electron chi connectivity index (χ1n) is 7.91. The number of non-ortho nitro benzene ring substituents is 1. The van der Waals surface area contributed by atoms with Crippen molar-refractivity contribution in [2.45, 2.75) is 25.2 Å². The zero-order valence-corrected chi connectivity index (χ0v) is 15.5. The van der Waals surface area contributed by atoms with Crippen molar-refractivity contribution in [3.8, 4) is 0 Å². The molecule has 0 saturated heterocycles. The van der Waals surface area contributed by atoms with Gasteiger partial charge in [0.1, 0.15) is 4.90 Å². The van der Waals surface area contributed by atoms with E-state index in [1.807, 2.05) is 19.0 Å². The molecule has 0 heterocycles. The first-order valence-corrected chi connectivity index (χ1v) is 9.35. The second-order valence-electron chi connectivity index (χ2n) is 5.61. The maximum Gasteiger partial charge on any atom is 0.270 e. The number of benzene rings is 1. The van der Waals surface area contributed by atoms with Crippen molar-refractivity contribution in [3.05, 3.63) is 28.3 Å². The highest BCUT2D eigenvalue weighted by Crippen LogP contribution is 2.29. The van der Waals surface area contributed by atoms with Gasteiger partial charge in [-0.05, 0) is 33.1 Å². The van der Waals surface area contributed by atoms with E-state index in [2.05, 4.69) is 5.32 Å². The lowest BCUT2D eigenvalue weighted by Crippen LogP contribution is -2.31. The number of hydrogen-bond donors (Lipinski definition) is 1. The number of nitro groups is 1. The van der Waals surface area contributed by atoms with Crippen LogP contribution < -0.4 is 5.32 Å². The third-order valence-corrected chi connectivity index (χ3v) is 5.69. The minimum absolute atomic E-state index is 0.0507. The lowest BCUT2D eigenvalue weighted by atomic mass is 10.2. The molecule has 0 unspecified atom stereocenters. The van der Waals surface area contributed by atoms with E-state index in [0.29, 0.717) is 25.3 Å². The Bertz CT molecular complexity index is 657. The van der Waals surface area contributed by atoms with Crippen molar-refractivity contribution in [2.24, 2.45) is 0 Å². The van der Waals surface area contributed by atoms with Crippen molar-refractivity contribution in [2.75, 3.05) is 45.6 Å². The van der Waals surface area contributed by atoms with Crippen LogP contribution in [0.2, 0.25) is 0 Å². The Labute approximate surface area is 143 Å². The monoisotopic (exact) mass is 358 g/mol. The number of nitrogens with one attached hydrogen (secondary N) is 1. The average molecular weight is 358 g/mol. The standard InChI is InChI=1S/C15H26N4O4S/c1-5-18(6-2)24(22,23)15-12-13(19(20)21)8-9-14(15)16-10-7-11-17(3)4/h8-9,12,16H,5-7,10-11H2,1-4H3. The molecule has 0 bridgehead atoms. The molecule has 136 valence electrons. The predicted molar refractivity (Wildman–Crippen MR) is 94.9 cm³/mol. The molecule has 0 saturated carbocycles. The van der Waals surface area contributed by atoms with E-state index in [1.54, 1.807) is 13.8 Å². The summed E-state index contributed by atoms with van der Waals surface area (Å²) in [6.45, 7) is 5.53. The van der Waals surface area contributed by atoms with Gasteiger partial charge < -0.3 is 10.2 Å². The van der Waals surface area contributed by atoms with Gasteiger partial charge in [0.2, 0.25) is 10.0 Å². The fourth-order valence-electron chi connectivity index (χ4n) is 2.30. The largest absolute Gasteiger partial charge is 0.384 e. The lowest BCUT2D eigenvalue weighted by Gasteiger charge is -2.21. The fourth-order valence-corrected chi connectivity index (χ4v) is 3.95. The summed E-state index contributed by atoms with van der Waals surface area (Å²) in [5, 5.41) is 14.1. The molecule has 8 nitrogen and oxygen atoms in total. The zero-order chi connectivity index (χ0) is 18.3. The van der Waals surface area contributed by atoms with E-state index >= 15 is 0 Å². The van der Waals surface area contributed by atoms with Gasteiger partial charge in [0, 0.05) is 31.8 Å². The molecule has 0 aliphatic heterocycles. The van der Waals surface area contributed by atoms with E-state index in [-0.39, 0.29) is 10.6 Å². The Morgan fingerprint density at radius 1 is 1.21 bits per heavy atom. The summed E-state index contributed by atoms with van der Waals surface area (Å²) in [6, 6.07) is 3.90. The summed E-state index contributed by atoms with van der Waals surface area (Å²) >= 11 is 0. The van der Waals surface area contributed by atoms with Gasteiger partial charge in [-0.2, -0.15) is 4.31 Å². The van der Waals surface area contributed by atoms with E-state index in [4.69, 9.17) is 0 Å². The van der Waals surface area contributed by atoms with Crippen molar-refractivity contribution in [3.63, 3.8) is 0 Å². The number of sulfonamides is 1. The molecular weight excluding hydrogens is 332 g/mol. The van der Waals surface area contributed by atoms with Crippen molar-refractivity contribution in [1.29, 1.82) is 0 Å². The molecule has 0 aromatic heterocycles. The van der Waals surface area contributed by atoms with E-state index in [1.165, 1.54) is 16.4 Å². The minimum atomic E-state index is -3.79. The average Bonchev–Trinajstić information content (AvgIpc) is 2.52. The first kappa shape index (κ1) is 20.3. The van der Waals surface area contributed by atoms with Crippen LogP contribution in [-0.2, 0) is 10.0 Å². The molecule has 1 aromatic rings. The predicted octanol–water partition coefficient (Wildman–Crippen LogP) is 1.99. The molecule has 0 fully saturated rings. The van der Waals surface area contributed by atoms with Crippen LogP contribution in [-0.4, -0.2) is 62.8 Å². The lowest BCUT2D eigenvalue weighted by molar-refractivity contribution is -0.385. The molecule has 9 heteroatoms. The zero-order valence-electron chi connectivity index (χ0n) is 14.7. The Hall–Kier alpha value is -1.71. The van der Waals surface area contributed by atoms with E-state index in [9.17, 15) is 18.5 Å². The van der Waals surface area contributed by atoms with Crippen molar-refractivity contribution < 1.29 is 13.3 Å². The normalized spacial score (nSPS) is 11.9. The van der Waals surface area contributed by atoms with Crippen LogP contribution in [0.1, 0.15) is 20.3 Å². The van der Waals surface area contributed by atoms with Gasteiger partial charge in [-0.1, -0.05) is 13.8 Å². The summed E-state index contributed by atoms with van der Waals surface area (Å²) in [5.41, 5.74) is 0.158. The Morgan fingerprint density at radius 2 is 1.83 bits per heavy atom. The molecule has 1 aromatic carbocycles. The summed E-state index contributed by atoms with van der Waals surface area (Å²) in [7, 11) is 0.136.